The van der Waals surface area contributed by atoms with E-state index in [0.29, 0.717) is 31.2 Å². The van der Waals surface area contributed by atoms with E-state index in [4.69, 9.17) is 36.5 Å². The molecule has 10 rings (SSSR count). The van der Waals surface area contributed by atoms with Crippen LogP contribution in [0.3, 0.4) is 0 Å². The van der Waals surface area contributed by atoms with Crippen LogP contribution in [0.15, 0.2) is 6.07 Å². The van der Waals surface area contributed by atoms with Crippen molar-refractivity contribution in [1.29, 1.82) is 0 Å². The molecule has 10 nitrogen and oxygen atoms in total. The topological polar surface area (TPSA) is 102 Å². The number of piperidine rings is 1. The number of nitrogen functional groups attached to an aromatic ring is 1. The average molecular weight is 750 g/mol. The standard InChI is InChI=1S/C36H41ClF5N7O3/c1-17-8-23(43)44-29(26(17)36(40,41)42)24-27(37)32-25-30(28(24)39)45-34(51-16-35-6-3-7-48(35)12-21(38)9-35)46-33(25)49-13-22-5-4-20(31(49)18(2)52-32)11-47(22)10-19-14-50-15-19/h8,18-22,31H,3-7,9-16H2,1-2H3,(H2,43,44)/t18-,20+,21+,22+,31+,35-/m0/s1. The summed E-state index contributed by atoms with van der Waals surface area (Å²) >= 11 is 6.99. The number of nitrogens with zero attached hydrogens (tertiary/aromatic N) is 6. The summed E-state index contributed by atoms with van der Waals surface area (Å²) in [6.45, 7) is 8.07. The first kappa shape index (κ1) is 34.5. The number of hydrogen-bond donors (Lipinski definition) is 1. The third-order valence-electron chi connectivity index (χ3n) is 12.3. The van der Waals surface area contributed by atoms with E-state index in [0.717, 1.165) is 64.6 Å². The molecule has 52 heavy (non-hydrogen) atoms. The summed E-state index contributed by atoms with van der Waals surface area (Å²) in [5, 5.41) is -0.207. The molecule has 6 atom stereocenters. The lowest BCUT2D eigenvalue weighted by Crippen LogP contribution is -2.50. The normalized spacial score (nSPS) is 30.5. The van der Waals surface area contributed by atoms with Gasteiger partial charge in [0.05, 0.1) is 52.0 Å². The van der Waals surface area contributed by atoms with Crippen molar-refractivity contribution in [1.82, 2.24) is 24.8 Å². The number of aromatic nitrogens is 3. The van der Waals surface area contributed by atoms with Crippen LogP contribution in [-0.2, 0) is 10.9 Å². The maximum atomic E-state index is 17.3. The number of rotatable bonds is 6. The lowest BCUT2D eigenvalue weighted by atomic mass is 9.86. The summed E-state index contributed by atoms with van der Waals surface area (Å²) in [5.41, 5.74) is 2.37. The van der Waals surface area contributed by atoms with Crippen molar-refractivity contribution in [2.75, 3.05) is 63.2 Å². The second-order valence-corrected chi connectivity index (χ2v) is 16.0. The van der Waals surface area contributed by atoms with Gasteiger partial charge in [-0.3, -0.25) is 9.80 Å². The van der Waals surface area contributed by atoms with Crippen molar-refractivity contribution in [2.45, 2.75) is 82.0 Å². The molecule has 6 fully saturated rings. The van der Waals surface area contributed by atoms with E-state index in [-0.39, 0.29) is 63.7 Å². The number of benzene rings is 1. The Morgan fingerprint density at radius 2 is 1.94 bits per heavy atom. The molecule has 0 unspecified atom stereocenters. The summed E-state index contributed by atoms with van der Waals surface area (Å²) in [6.07, 6.45) is -2.59. The summed E-state index contributed by atoms with van der Waals surface area (Å²) in [4.78, 5) is 20.3. The molecule has 0 spiro atoms. The van der Waals surface area contributed by atoms with E-state index in [1.807, 2.05) is 6.92 Å². The van der Waals surface area contributed by atoms with E-state index < -0.39 is 46.6 Å². The number of halogens is 6. The minimum atomic E-state index is -4.91. The van der Waals surface area contributed by atoms with Crippen molar-refractivity contribution in [2.24, 2.45) is 11.8 Å². The number of ether oxygens (including phenoxy) is 3. The second-order valence-electron chi connectivity index (χ2n) is 15.6. The fraction of sp³-hybridized carbons (Fsp3) is 0.639. The first-order chi connectivity index (χ1) is 24.8. The molecule has 2 bridgehead atoms. The molecule has 0 aliphatic carbocycles. The fourth-order valence-corrected chi connectivity index (χ4v) is 10.3. The van der Waals surface area contributed by atoms with Crippen LogP contribution in [0.5, 0.6) is 11.8 Å². The van der Waals surface area contributed by atoms with Gasteiger partial charge < -0.3 is 24.8 Å². The van der Waals surface area contributed by atoms with Gasteiger partial charge in [-0.05, 0) is 63.6 Å². The predicted molar refractivity (Wildman–Crippen MR) is 184 cm³/mol. The lowest BCUT2D eigenvalue weighted by Gasteiger charge is -2.41. The molecule has 9 heterocycles. The molecule has 2 N–H and O–H groups in total. The summed E-state index contributed by atoms with van der Waals surface area (Å²) in [6, 6.07) is 0.889. The number of anilines is 2. The summed E-state index contributed by atoms with van der Waals surface area (Å²) in [7, 11) is 0. The van der Waals surface area contributed by atoms with Crippen LogP contribution < -0.4 is 20.1 Å². The third kappa shape index (κ3) is 5.46. The monoisotopic (exact) mass is 749 g/mol. The molecule has 3 aromatic rings. The van der Waals surface area contributed by atoms with Crippen LogP contribution in [0.4, 0.5) is 33.6 Å². The molecule has 0 saturated carbocycles. The van der Waals surface area contributed by atoms with Crippen LogP contribution in [0.2, 0.25) is 5.02 Å². The van der Waals surface area contributed by atoms with E-state index in [1.165, 1.54) is 6.92 Å². The van der Waals surface area contributed by atoms with Crippen molar-refractivity contribution >= 4 is 34.1 Å². The first-order valence-corrected chi connectivity index (χ1v) is 18.5. The average Bonchev–Trinajstić information content (AvgIpc) is 3.40. The van der Waals surface area contributed by atoms with Crippen LogP contribution in [0, 0.1) is 24.6 Å². The Morgan fingerprint density at radius 3 is 2.69 bits per heavy atom. The van der Waals surface area contributed by atoms with E-state index >= 15 is 4.39 Å². The first-order valence-electron chi connectivity index (χ1n) is 18.2. The Bertz CT molecular complexity index is 1930. The van der Waals surface area contributed by atoms with Crippen molar-refractivity contribution < 1.29 is 36.2 Å². The van der Waals surface area contributed by atoms with E-state index in [2.05, 4.69) is 24.7 Å². The Labute approximate surface area is 302 Å². The van der Waals surface area contributed by atoms with E-state index in [9.17, 15) is 17.6 Å². The molecule has 2 aromatic heterocycles. The third-order valence-corrected chi connectivity index (χ3v) is 12.7. The predicted octanol–water partition coefficient (Wildman–Crippen LogP) is 6.05. The summed E-state index contributed by atoms with van der Waals surface area (Å²) in [5.74, 6) is -0.404. The van der Waals surface area contributed by atoms with Gasteiger partial charge in [-0.25, -0.2) is 13.8 Å². The van der Waals surface area contributed by atoms with Crippen LogP contribution in [0.1, 0.15) is 50.2 Å². The minimum absolute atomic E-state index is 0.0128. The number of aryl methyl sites for hydroxylation is 1. The maximum Gasteiger partial charge on any atom is 0.418 e. The molecule has 6 saturated heterocycles. The highest BCUT2D eigenvalue weighted by atomic mass is 35.5. The summed E-state index contributed by atoms with van der Waals surface area (Å²) < 4.78 is 94.2. The highest BCUT2D eigenvalue weighted by Crippen LogP contribution is 2.53. The van der Waals surface area contributed by atoms with Gasteiger partial charge in [-0.2, -0.15) is 23.1 Å². The van der Waals surface area contributed by atoms with Gasteiger partial charge in [-0.1, -0.05) is 11.6 Å². The van der Waals surface area contributed by atoms with Gasteiger partial charge in [0.1, 0.15) is 36.0 Å². The van der Waals surface area contributed by atoms with Gasteiger partial charge in [0.25, 0.3) is 0 Å². The molecule has 1 aromatic carbocycles. The number of hydrogen-bond acceptors (Lipinski definition) is 10. The Hall–Kier alpha value is -3.27. The lowest BCUT2D eigenvalue weighted by molar-refractivity contribution is -0.137. The van der Waals surface area contributed by atoms with Crippen LogP contribution in [0.25, 0.3) is 22.2 Å². The molecule has 7 aliphatic rings. The zero-order valence-corrected chi connectivity index (χ0v) is 29.7. The van der Waals surface area contributed by atoms with Crippen molar-refractivity contribution in [3.8, 4) is 23.0 Å². The molecule has 7 aliphatic heterocycles. The highest BCUT2D eigenvalue weighted by Gasteiger charge is 2.51. The largest absolute Gasteiger partial charge is 0.486 e. The van der Waals surface area contributed by atoms with Crippen molar-refractivity contribution in [3.05, 3.63) is 28.0 Å². The van der Waals surface area contributed by atoms with Gasteiger partial charge in [0.15, 0.2) is 11.6 Å². The molecule has 280 valence electrons. The molecule has 16 heteroatoms. The molecule has 0 radical (unpaired) electrons. The second kappa shape index (κ2) is 12.4. The van der Waals surface area contributed by atoms with Crippen LogP contribution in [-0.4, -0.2) is 107 Å². The Kier molecular flexibility index (Phi) is 8.22. The maximum absolute atomic E-state index is 17.3. The number of pyridine rings is 1. The fourth-order valence-electron chi connectivity index (χ4n) is 9.99. The number of fused-ring (bicyclic) bond motifs is 3. The van der Waals surface area contributed by atoms with E-state index in [1.54, 1.807) is 0 Å². The Balaban J connectivity index is 1.23. The molecular formula is C36H41ClF5N7O3. The minimum Gasteiger partial charge on any atom is -0.486 e. The van der Waals surface area contributed by atoms with Gasteiger partial charge in [-0.15, -0.1) is 0 Å². The number of nitrogens with two attached hydrogens (primary N) is 1. The molecule has 0 amide bonds. The zero-order valence-electron chi connectivity index (χ0n) is 29.0. The molecular weight excluding hydrogens is 709 g/mol. The van der Waals surface area contributed by atoms with Gasteiger partial charge in [0.2, 0.25) is 0 Å². The Morgan fingerprint density at radius 1 is 1.13 bits per heavy atom. The quantitative estimate of drug-likeness (QED) is 0.300. The zero-order chi connectivity index (χ0) is 36.3. The smallest absolute Gasteiger partial charge is 0.418 e. The highest BCUT2D eigenvalue weighted by molar-refractivity contribution is 6.36. The van der Waals surface area contributed by atoms with Crippen molar-refractivity contribution in [3.63, 3.8) is 0 Å². The van der Waals surface area contributed by atoms with Crippen LogP contribution >= 0.6 is 11.6 Å². The van der Waals surface area contributed by atoms with Gasteiger partial charge >= 0.3 is 12.2 Å². The number of alkyl halides is 4. The SMILES string of the molecule is Cc1cc(N)nc(-c2c(Cl)c3c4c(nc(OC[C@@]56CCCN5C[C@H](F)C6)nc4c2F)N2C[C@H]4CC[C@H](CN4CC4COC4)[C@H]2[C@H](C)O3)c1C(F)(F)F. The van der Waals surface area contributed by atoms with Gasteiger partial charge in [0, 0.05) is 44.6 Å².